The predicted octanol–water partition coefficient (Wildman–Crippen LogP) is 1.18. The maximum absolute atomic E-state index is 12.6. The molecule has 2 atom stereocenters. The van der Waals surface area contributed by atoms with Crippen molar-refractivity contribution in [3.63, 3.8) is 0 Å². The molecule has 2 aliphatic heterocycles. The van der Waals surface area contributed by atoms with Gasteiger partial charge in [-0.1, -0.05) is 12.1 Å². The molecule has 1 amide bonds. The summed E-state index contributed by atoms with van der Waals surface area (Å²) < 4.78 is 36.1. The molecular formula is C19H29N3O5S. The lowest BCUT2D eigenvalue weighted by Crippen LogP contribution is -2.51. The van der Waals surface area contributed by atoms with Crippen LogP contribution in [0.4, 0.5) is 5.69 Å². The topological polar surface area (TPSA) is 88.2 Å². The molecule has 28 heavy (non-hydrogen) atoms. The van der Waals surface area contributed by atoms with E-state index in [1.165, 1.54) is 6.92 Å². The summed E-state index contributed by atoms with van der Waals surface area (Å²) in [5, 5.41) is 2.17. The van der Waals surface area contributed by atoms with Crippen molar-refractivity contribution in [3.05, 3.63) is 24.3 Å². The van der Waals surface area contributed by atoms with E-state index in [9.17, 15) is 13.2 Å². The summed E-state index contributed by atoms with van der Waals surface area (Å²) in [6.45, 7) is 3.54. The number of rotatable bonds is 6. The Morgan fingerprint density at radius 3 is 2.82 bits per heavy atom. The van der Waals surface area contributed by atoms with Crippen molar-refractivity contribution in [2.24, 2.45) is 0 Å². The molecule has 1 aromatic carbocycles. The van der Waals surface area contributed by atoms with Crippen LogP contribution in [-0.2, 0) is 19.4 Å². The van der Waals surface area contributed by atoms with E-state index in [2.05, 4.69) is 10.2 Å². The highest BCUT2D eigenvalue weighted by atomic mass is 32.2. The summed E-state index contributed by atoms with van der Waals surface area (Å²) >= 11 is 0. The standard InChI is InChI=1S/C19H29N3O5S/c1-15(23)22(19-9-5-6-11-21(19)2)16-7-3-4-8-17(16)27-14-28(24,25)18-13-26-12-10-20-18/h3-4,7-8,18-20H,5-6,9-14H2,1-2H3. The summed E-state index contributed by atoms with van der Waals surface area (Å²) in [5.74, 6) is -0.186. The van der Waals surface area contributed by atoms with Gasteiger partial charge in [0, 0.05) is 13.5 Å². The van der Waals surface area contributed by atoms with Crippen molar-refractivity contribution >= 4 is 21.4 Å². The minimum Gasteiger partial charge on any atom is -0.475 e. The van der Waals surface area contributed by atoms with Gasteiger partial charge in [-0.25, -0.2) is 8.42 Å². The number of sulfone groups is 1. The number of para-hydroxylation sites is 2. The van der Waals surface area contributed by atoms with Gasteiger partial charge in [-0.2, -0.15) is 0 Å². The number of carbonyl (C=O) groups is 1. The van der Waals surface area contributed by atoms with Crippen LogP contribution >= 0.6 is 0 Å². The van der Waals surface area contributed by atoms with Gasteiger partial charge >= 0.3 is 0 Å². The lowest BCUT2D eigenvalue weighted by molar-refractivity contribution is -0.118. The van der Waals surface area contributed by atoms with Gasteiger partial charge in [-0.05, 0) is 45.0 Å². The summed E-state index contributed by atoms with van der Waals surface area (Å²) in [5.41, 5.74) is 0.594. The lowest BCUT2D eigenvalue weighted by Gasteiger charge is -2.40. The van der Waals surface area contributed by atoms with E-state index in [1.54, 1.807) is 23.1 Å². The molecule has 1 N–H and O–H groups in total. The zero-order valence-electron chi connectivity index (χ0n) is 16.5. The third-order valence-corrected chi connectivity index (χ3v) is 6.81. The highest BCUT2D eigenvalue weighted by Gasteiger charge is 2.32. The van der Waals surface area contributed by atoms with Crippen LogP contribution < -0.4 is 15.0 Å². The molecule has 3 rings (SSSR count). The molecule has 2 unspecified atom stereocenters. The third-order valence-electron chi connectivity index (χ3n) is 5.19. The Bertz CT molecular complexity index is 780. The zero-order valence-corrected chi connectivity index (χ0v) is 17.3. The summed E-state index contributed by atoms with van der Waals surface area (Å²) in [6, 6.07) is 7.10. The van der Waals surface area contributed by atoms with Gasteiger partial charge in [0.1, 0.15) is 11.1 Å². The molecule has 2 fully saturated rings. The normalized spacial score (nSPS) is 23.9. The average molecular weight is 412 g/mol. The van der Waals surface area contributed by atoms with E-state index in [1.807, 2.05) is 13.1 Å². The molecule has 8 nitrogen and oxygen atoms in total. The summed E-state index contributed by atoms with van der Waals surface area (Å²) in [4.78, 5) is 16.4. The minimum absolute atomic E-state index is 0.0685. The van der Waals surface area contributed by atoms with Crippen molar-refractivity contribution in [3.8, 4) is 5.75 Å². The molecular weight excluding hydrogens is 382 g/mol. The molecule has 9 heteroatoms. The van der Waals surface area contributed by atoms with E-state index in [4.69, 9.17) is 9.47 Å². The van der Waals surface area contributed by atoms with E-state index in [0.29, 0.717) is 24.6 Å². The van der Waals surface area contributed by atoms with Gasteiger partial charge in [0.25, 0.3) is 0 Å². The molecule has 0 saturated carbocycles. The maximum Gasteiger partial charge on any atom is 0.225 e. The number of likely N-dealkylation sites (tertiary alicyclic amines) is 1. The highest BCUT2D eigenvalue weighted by Crippen LogP contribution is 2.33. The van der Waals surface area contributed by atoms with Crippen LogP contribution in [0.15, 0.2) is 24.3 Å². The smallest absolute Gasteiger partial charge is 0.225 e. The van der Waals surface area contributed by atoms with E-state index in [-0.39, 0.29) is 18.7 Å². The molecule has 0 aromatic heterocycles. The first-order chi connectivity index (χ1) is 13.4. The SMILES string of the molecule is CC(=O)N(c1ccccc1OCS(=O)(=O)C1COCCN1)C1CCCCN1C. The average Bonchev–Trinajstić information content (AvgIpc) is 2.69. The fourth-order valence-corrected chi connectivity index (χ4v) is 4.83. The molecule has 2 aliphatic rings. The van der Waals surface area contributed by atoms with Crippen molar-refractivity contribution in [2.75, 3.05) is 44.2 Å². The number of carbonyl (C=O) groups excluding carboxylic acids is 1. The van der Waals surface area contributed by atoms with Crippen molar-refractivity contribution in [1.82, 2.24) is 10.2 Å². The third kappa shape index (κ3) is 4.83. The van der Waals surface area contributed by atoms with Crippen LogP contribution in [0.3, 0.4) is 0 Å². The number of amides is 1. The number of anilines is 1. The zero-order chi connectivity index (χ0) is 20.1. The van der Waals surface area contributed by atoms with E-state index < -0.39 is 21.2 Å². The Morgan fingerprint density at radius 1 is 1.36 bits per heavy atom. The van der Waals surface area contributed by atoms with E-state index in [0.717, 1.165) is 25.8 Å². The Labute approximate surface area is 166 Å². The number of benzene rings is 1. The van der Waals surface area contributed by atoms with Gasteiger partial charge in [0.05, 0.1) is 25.1 Å². The Morgan fingerprint density at radius 2 is 2.14 bits per heavy atom. The van der Waals surface area contributed by atoms with Crippen LogP contribution in [0.5, 0.6) is 5.75 Å². The number of nitrogens with one attached hydrogen (secondary N) is 1. The largest absolute Gasteiger partial charge is 0.475 e. The van der Waals surface area contributed by atoms with E-state index >= 15 is 0 Å². The Kier molecular flexibility index (Phi) is 6.92. The molecule has 156 valence electrons. The second-order valence-electron chi connectivity index (χ2n) is 7.26. The summed E-state index contributed by atoms with van der Waals surface area (Å²) in [6.07, 6.45) is 2.95. The van der Waals surface area contributed by atoms with Crippen LogP contribution in [0.2, 0.25) is 0 Å². The first kappa shape index (κ1) is 21.0. The number of piperidine rings is 1. The first-order valence-corrected chi connectivity index (χ1v) is 11.4. The van der Waals surface area contributed by atoms with Crippen LogP contribution in [0, 0.1) is 0 Å². The fraction of sp³-hybridized carbons (Fsp3) is 0.632. The fourth-order valence-electron chi connectivity index (χ4n) is 3.70. The van der Waals surface area contributed by atoms with Gasteiger partial charge in [0.15, 0.2) is 5.94 Å². The van der Waals surface area contributed by atoms with Crippen LogP contribution in [0.25, 0.3) is 0 Å². The van der Waals surface area contributed by atoms with Gasteiger partial charge in [-0.3, -0.25) is 19.9 Å². The molecule has 1 aromatic rings. The molecule has 0 spiro atoms. The Hall–Kier alpha value is -1.68. The number of morpholine rings is 1. The van der Waals surface area contributed by atoms with Crippen molar-refractivity contribution in [1.29, 1.82) is 0 Å². The number of hydrogen-bond acceptors (Lipinski definition) is 7. The lowest BCUT2D eigenvalue weighted by atomic mass is 10.1. The number of ether oxygens (including phenoxy) is 2. The second-order valence-corrected chi connectivity index (χ2v) is 9.39. The maximum atomic E-state index is 12.6. The molecule has 0 aliphatic carbocycles. The van der Waals surface area contributed by atoms with Crippen molar-refractivity contribution in [2.45, 2.75) is 37.7 Å². The quantitative estimate of drug-likeness (QED) is 0.752. The number of nitrogens with zero attached hydrogens (tertiary/aromatic N) is 2. The van der Waals surface area contributed by atoms with Crippen LogP contribution in [0.1, 0.15) is 26.2 Å². The van der Waals surface area contributed by atoms with Crippen molar-refractivity contribution < 1.29 is 22.7 Å². The second kappa shape index (κ2) is 9.21. The van der Waals surface area contributed by atoms with Gasteiger partial charge in [-0.15, -0.1) is 0 Å². The van der Waals surface area contributed by atoms with Gasteiger partial charge < -0.3 is 9.47 Å². The van der Waals surface area contributed by atoms with Gasteiger partial charge in [0.2, 0.25) is 15.7 Å². The molecule has 0 bridgehead atoms. The monoisotopic (exact) mass is 411 g/mol. The molecule has 2 heterocycles. The molecule has 2 saturated heterocycles. The number of hydrogen-bond donors (Lipinski definition) is 1. The Balaban J connectivity index is 1.80. The summed E-state index contributed by atoms with van der Waals surface area (Å²) in [7, 11) is -1.55. The highest BCUT2D eigenvalue weighted by molar-refractivity contribution is 7.91. The first-order valence-electron chi connectivity index (χ1n) is 9.65. The predicted molar refractivity (Wildman–Crippen MR) is 107 cm³/mol. The minimum atomic E-state index is -3.55. The van der Waals surface area contributed by atoms with Crippen LogP contribution in [-0.4, -0.2) is 70.1 Å². The molecule has 0 radical (unpaired) electrons.